The maximum Gasteiger partial charge on any atom is 0.132 e. The van der Waals surface area contributed by atoms with E-state index in [1.165, 1.54) is 0 Å². The van der Waals surface area contributed by atoms with Crippen LogP contribution in [0.1, 0.15) is 19.4 Å². The maximum absolute atomic E-state index is 8.66. The summed E-state index contributed by atoms with van der Waals surface area (Å²) in [5, 5.41) is 11.8. The fraction of sp³-hybridized carbons (Fsp3) is 0.250. The van der Waals surface area contributed by atoms with Crippen molar-refractivity contribution >= 4 is 5.71 Å². The molecule has 0 aliphatic carbocycles. The Bertz CT molecular complexity index is 368. The first-order chi connectivity index (χ1) is 6.74. The van der Waals surface area contributed by atoms with Crippen LogP contribution in [0.2, 0.25) is 0 Å². The third-order valence-electron chi connectivity index (χ3n) is 1.76. The van der Waals surface area contributed by atoms with Crippen molar-refractivity contribution in [3.05, 3.63) is 35.9 Å². The Balaban J connectivity index is 2.83. The summed E-state index contributed by atoms with van der Waals surface area (Å²) in [7, 11) is 0. The smallest absolute Gasteiger partial charge is 0.132 e. The summed E-state index contributed by atoms with van der Waals surface area (Å²) in [6, 6.07) is 9.63. The third kappa shape index (κ3) is 2.95. The molecule has 0 spiro atoms. The van der Waals surface area contributed by atoms with Gasteiger partial charge in [0, 0.05) is 11.5 Å². The van der Waals surface area contributed by atoms with Gasteiger partial charge in [-0.2, -0.15) is 0 Å². The number of oxime groups is 1. The van der Waals surface area contributed by atoms with Crippen LogP contribution in [0, 0.1) is 17.8 Å². The second kappa shape index (κ2) is 5.08. The molecule has 1 rings (SSSR count). The van der Waals surface area contributed by atoms with Crippen LogP contribution in [-0.4, -0.2) is 10.9 Å². The van der Waals surface area contributed by atoms with Crippen LogP contribution in [0.25, 0.3) is 0 Å². The van der Waals surface area contributed by atoms with Gasteiger partial charge in [-0.15, -0.1) is 0 Å². The fourth-order valence-electron chi connectivity index (χ4n) is 0.942. The van der Waals surface area contributed by atoms with Gasteiger partial charge < -0.3 is 5.21 Å². The standard InChI is InChI=1S/C12H13NO/c1-10(2)12(13-14)9-8-11-6-4-3-5-7-11/h3-7,10,14H,1-2H3/b13-12+. The van der Waals surface area contributed by atoms with E-state index in [1.54, 1.807) is 0 Å². The number of benzene rings is 1. The van der Waals surface area contributed by atoms with Crippen molar-refractivity contribution < 1.29 is 5.21 Å². The lowest BCUT2D eigenvalue weighted by Gasteiger charge is -1.97. The zero-order chi connectivity index (χ0) is 10.4. The summed E-state index contributed by atoms with van der Waals surface area (Å²) in [6.07, 6.45) is 0. The van der Waals surface area contributed by atoms with Crippen LogP contribution in [0.4, 0.5) is 0 Å². The molecule has 0 unspecified atom stereocenters. The Kier molecular flexibility index (Phi) is 3.75. The lowest BCUT2D eigenvalue weighted by Crippen LogP contribution is -2.03. The molecule has 0 bridgehead atoms. The second-order valence-electron chi connectivity index (χ2n) is 3.26. The van der Waals surface area contributed by atoms with E-state index in [-0.39, 0.29) is 5.92 Å². The zero-order valence-corrected chi connectivity index (χ0v) is 8.36. The highest BCUT2D eigenvalue weighted by molar-refractivity contribution is 6.01. The van der Waals surface area contributed by atoms with E-state index in [9.17, 15) is 0 Å². The monoisotopic (exact) mass is 187 g/mol. The average molecular weight is 187 g/mol. The molecule has 1 aromatic carbocycles. The molecule has 0 aromatic heterocycles. The molecule has 0 saturated heterocycles. The van der Waals surface area contributed by atoms with Crippen molar-refractivity contribution in [3.8, 4) is 11.8 Å². The molecule has 0 aliphatic heterocycles. The summed E-state index contributed by atoms with van der Waals surface area (Å²) in [4.78, 5) is 0. The van der Waals surface area contributed by atoms with Crippen LogP contribution in [0.5, 0.6) is 0 Å². The van der Waals surface area contributed by atoms with Gasteiger partial charge in [-0.25, -0.2) is 0 Å². The Morgan fingerprint density at radius 1 is 1.29 bits per heavy atom. The lowest BCUT2D eigenvalue weighted by molar-refractivity contribution is 0.317. The minimum absolute atomic E-state index is 0.149. The molecule has 2 nitrogen and oxygen atoms in total. The third-order valence-corrected chi connectivity index (χ3v) is 1.76. The van der Waals surface area contributed by atoms with Gasteiger partial charge in [0.05, 0.1) is 0 Å². The Labute approximate surface area is 84.3 Å². The van der Waals surface area contributed by atoms with Crippen molar-refractivity contribution in [1.29, 1.82) is 0 Å². The molecule has 1 aromatic rings. The average Bonchev–Trinajstić information content (AvgIpc) is 2.20. The van der Waals surface area contributed by atoms with Gasteiger partial charge in [0.2, 0.25) is 0 Å². The van der Waals surface area contributed by atoms with Crippen molar-refractivity contribution in [3.63, 3.8) is 0 Å². The summed E-state index contributed by atoms with van der Waals surface area (Å²) in [5.74, 6) is 5.92. The largest absolute Gasteiger partial charge is 0.410 e. The molecule has 0 radical (unpaired) electrons. The van der Waals surface area contributed by atoms with Crippen molar-refractivity contribution in [2.24, 2.45) is 11.1 Å². The topological polar surface area (TPSA) is 32.6 Å². The maximum atomic E-state index is 8.66. The van der Waals surface area contributed by atoms with Gasteiger partial charge >= 0.3 is 0 Å². The summed E-state index contributed by atoms with van der Waals surface area (Å²) < 4.78 is 0. The number of hydrogen-bond acceptors (Lipinski definition) is 2. The number of hydrogen-bond donors (Lipinski definition) is 1. The van der Waals surface area contributed by atoms with Crippen LogP contribution >= 0.6 is 0 Å². The molecule has 0 amide bonds. The highest BCUT2D eigenvalue weighted by Crippen LogP contribution is 1.98. The molecule has 14 heavy (non-hydrogen) atoms. The Morgan fingerprint density at radius 2 is 1.93 bits per heavy atom. The van der Waals surface area contributed by atoms with Gasteiger partial charge in [-0.3, -0.25) is 0 Å². The molecule has 1 N–H and O–H groups in total. The highest BCUT2D eigenvalue weighted by atomic mass is 16.4. The fourth-order valence-corrected chi connectivity index (χ4v) is 0.942. The van der Waals surface area contributed by atoms with E-state index in [4.69, 9.17) is 5.21 Å². The molecule has 72 valence electrons. The van der Waals surface area contributed by atoms with Crippen molar-refractivity contribution in [1.82, 2.24) is 0 Å². The quantitative estimate of drug-likeness (QED) is 0.311. The van der Waals surface area contributed by atoms with Crippen molar-refractivity contribution in [2.45, 2.75) is 13.8 Å². The van der Waals surface area contributed by atoms with E-state index >= 15 is 0 Å². The molecule has 0 atom stereocenters. The van der Waals surface area contributed by atoms with Gasteiger partial charge in [0.1, 0.15) is 5.71 Å². The number of nitrogens with zero attached hydrogens (tertiary/aromatic N) is 1. The molecular formula is C12H13NO. The summed E-state index contributed by atoms with van der Waals surface area (Å²) in [5.41, 5.74) is 1.43. The van der Waals surface area contributed by atoms with Gasteiger partial charge in [-0.1, -0.05) is 43.1 Å². The van der Waals surface area contributed by atoms with Crippen LogP contribution < -0.4 is 0 Å². The lowest BCUT2D eigenvalue weighted by atomic mass is 10.1. The second-order valence-corrected chi connectivity index (χ2v) is 3.26. The summed E-state index contributed by atoms with van der Waals surface area (Å²) >= 11 is 0. The zero-order valence-electron chi connectivity index (χ0n) is 8.36. The molecule has 0 saturated carbocycles. The number of rotatable bonds is 1. The molecule has 0 heterocycles. The van der Waals surface area contributed by atoms with Crippen LogP contribution in [0.15, 0.2) is 35.5 Å². The van der Waals surface area contributed by atoms with Crippen LogP contribution in [0.3, 0.4) is 0 Å². The first kappa shape index (κ1) is 10.3. The van der Waals surface area contributed by atoms with E-state index in [2.05, 4.69) is 17.0 Å². The van der Waals surface area contributed by atoms with Gasteiger partial charge in [0.25, 0.3) is 0 Å². The molecule has 2 heteroatoms. The summed E-state index contributed by atoms with van der Waals surface area (Å²) in [6.45, 7) is 3.88. The van der Waals surface area contributed by atoms with E-state index in [0.717, 1.165) is 5.56 Å². The van der Waals surface area contributed by atoms with Gasteiger partial charge in [0.15, 0.2) is 0 Å². The predicted octanol–water partition coefficient (Wildman–Crippen LogP) is 2.52. The van der Waals surface area contributed by atoms with E-state index in [0.29, 0.717) is 5.71 Å². The van der Waals surface area contributed by atoms with E-state index < -0.39 is 0 Å². The van der Waals surface area contributed by atoms with Crippen molar-refractivity contribution in [2.75, 3.05) is 0 Å². The SMILES string of the molecule is CC(C)/C(C#Cc1ccccc1)=N/O. The molecule has 0 aliphatic rings. The van der Waals surface area contributed by atoms with Gasteiger partial charge in [-0.05, 0) is 18.1 Å². The first-order valence-corrected chi connectivity index (χ1v) is 4.53. The molecule has 0 fully saturated rings. The predicted molar refractivity (Wildman–Crippen MR) is 57.4 cm³/mol. The Hall–Kier alpha value is -1.75. The Morgan fingerprint density at radius 3 is 2.43 bits per heavy atom. The highest BCUT2D eigenvalue weighted by Gasteiger charge is 2.00. The van der Waals surface area contributed by atoms with Crippen LogP contribution in [-0.2, 0) is 0 Å². The normalized spacial score (nSPS) is 10.9. The minimum atomic E-state index is 0.149. The molecular weight excluding hydrogens is 174 g/mol. The van der Waals surface area contributed by atoms with E-state index in [1.807, 2.05) is 44.2 Å². The minimum Gasteiger partial charge on any atom is -0.410 e. The first-order valence-electron chi connectivity index (χ1n) is 4.53.